The Hall–Kier alpha value is -3.62. The average Bonchev–Trinajstić information content (AvgIpc) is 3.06. The Bertz CT molecular complexity index is 1340. The molecule has 3 aromatic rings. The molecular formula is C30H37N5O3. The van der Waals surface area contributed by atoms with Gasteiger partial charge in [0.05, 0.1) is 23.5 Å². The normalized spacial score (nSPS) is 18.0. The number of carboxylic acid groups (broad SMARTS) is 1. The van der Waals surface area contributed by atoms with E-state index in [0.717, 1.165) is 59.0 Å². The van der Waals surface area contributed by atoms with E-state index in [1.54, 1.807) is 0 Å². The highest BCUT2D eigenvalue weighted by molar-refractivity contribution is 5.79. The lowest BCUT2D eigenvalue weighted by atomic mass is 9.84. The molecule has 2 aromatic carbocycles. The summed E-state index contributed by atoms with van der Waals surface area (Å²) in [7, 11) is 3.96. The number of nitrogens with zero attached hydrogens (tertiary/aromatic N) is 4. The number of carbonyl (C=O) groups is 1. The molecule has 8 nitrogen and oxygen atoms in total. The van der Waals surface area contributed by atoms with Crippen LogP contribution in [-0.2, 0) is 17.9 Å². The maximum atomic E-state index is 12.1. The lowest BCUT2D eigenvalue weighted by Gasteiger charge is -2.25. The number of hydrogen-bond donors (Lipinski definition) is 2. The SMILES string of the molecule is CC[C@@H]1CN(Cc2cc([C@@H](CC(=O)O)c3ccc4c(c3C)N(C)NN4C)ccc2C)Cc2ncccc2O1. The number of hydrazine groups is 2. The molecule has 5 rings (SSSR count). The van der Waals surface area contributed by atoms with Crippen LogP contribution in [0.4, 0.5) is 11.4 Å². The quantitative estimate of drug-likeness (QED) is 0.465. The monoisotopic (exact) mass is 515 g/mol. The summed E-state index contributed by atoms with van der Waals surface area (Å²) >= 11 is 0. The fraction of sp³-hybridized carbons (Fsp3) is 0.400. The van der Waals surface area contributed by atoms with Gasteiger partial charge in [-0.3, -0.25) is 24.7 Å². The third-order valence-electron chi connectivity index (χ3n) is 7.80. The van der Waals surface area contributed by atoms with E-state index >= 15 is 0 Å². The van der Waals surface area contributed by atoms with E-state index < -0.39 is 5.97 Å². The van der Waals surface area contributed by atoms with Crippen molar-refractivity contribution in [3.05, 3.63) is 82.2 Å². The van der Waals surface area contributed by atoms with Crippen molar-refractivity contribution >= 4 is 17.3 Å². The molecule has 0 bridgehead atoms. The van der Waals surface area contributed by atoms with Gasteiger partial charge < -0.3 is 9.84 Å². The number of anilines is 2. The molecule has 0 unspecified atom stereocenters. The second-order valence-corrected chi connectivity index (χ2v) is 10.5. The number of ether oxygens (including phenoxy) is 1. The second-order valence-electron chi connectivity index (χ2n) is 10.5. The van der Waals surface area contributed by atoms with Crippen molar-refractivity contribution in [1.29, 1.82) is 0 Å². The summed E-state index contributed by atoms with van der Waals surface area (Å²) in [5, 5.41) is 13.9. The van der Waals surface area contributed by atoms with Gasteiger partial charge in [-0.05, 0) is 66.3 Å². The molecule has 3 heterocycles. The van der Waals surface area contributed by atoms with Crippen LogP contribution in [0.3, 0.4) is 0 Å². The van der Waals surface area contributed by atoms with Crippen molar-refractivity contribution in [1.82, 2.24) is 15.4 Å². The summed E-state index contributed by atoms with van der Waals surface area (Å²) in [6.07, 6.45) is 2.86. The summed E-state index contributed by atoms with van der Waals surface area (Å²) in [5.41, 5.74) is 11.9. The van der Waals surface area contributed by atoms with Gasteiger partial charge in [0.1, 0.15) is 11.9 Å². The van der Waals surface area contributed by atoms with Crippen molar-refractivity contribution < 1.29 is 14.6 Å². The number of carboxylic acids is 1. The molecule has 0 saturated heterocycles. The number of rotatable bonds is 7. The zero-order valence-corrected chi connectivity index (χ0v) is 22.9. The Morgan fingerprint density at radius 3 is 2.76 bits per heavy atom. The number of benzene rings is 2. The molecule has 0 fully saturated rings. The van der Waals surface area contributed by atoms with Gasteiger partial charge in [0, 0.05) is 45.8 Å². The molecule has 200 valence electrons. The van der Waals surface area contributed by atoms with Gasteiger partial charge in [0.15, 0.2) is 0 Å². The summed E-state index contributed by atoms with van der Waals surface area (Å²) in [5.74, 6) is -0.195. The molecule has 38 heavy (non-hydrogen) atoms. The highest BCUT2D eigenvalue weighted by atomic mass is 16.5. The van der Waals surface area contributed by atoms with Crippen LogP contribution in [0.5, 0.6) is 5.75 Å². The van der Waals surface area contributed by atoms with Crippen LogP contribution in [0.2, 0.25) is 0 Å². The highest BCUT2D eigenvalue weighted by Gasteiger charge is 2.28. The molecule has 0 amide bonds. The summed E-state index contributed by atoms with van der Waals surface area (Å²) in [6.45, 7) is 8.63. The zero-order valence-electron chi connectivity index (χ0n) is 22.9. The van der Waals surface area contributed by atoms with Gasteiger partial charge in [-0.2, -0.15) is 0 Å². The number of aromatic nitrogens is 1. The third kappa shape index (κ3) is 5.06. The standard InChI is InChI=1S/C30H37N5O3/c1-6-23-17-35(18-26-28(38-23)8-7-13-31-26)16-22-14-21(10-9-19(22)2)25(15-29(36)37)24-11-12-27-30(20(24)3)34(5)32-33(27)4/h7-14,23,25,32H,6,15-18H2,1-5H3,(H,36,37)/t23-,25-/m1/s1. The number of aliphatic carboxylic acids is 1. The first kappa shape index (κ1) is 26.0. The third-order valence-corrected chi connectivity index (χ3v) is 7.80. The number of aryl methyl sites for hydroxylation is 1. The number of hydrogen-bond acceptors (Lipinski definition) is 7. The number of fused-ring (bicyclic) bond motifs is 2. The Kier molecular flexibility index (Phi) is 7.27. The van der Waals surface area contributed by atoms with E-state index in [-0.39, 0.29) is 18.4 Å². The largest absolute Gasteiger partial charge is 0.487 e. The smallest absolute Gasteiger partial charge is 0.304 e. The first-order valence-corrected chi connectivity index (χ1v) is 13.3. The van der Waals surface area contributed by atoms with Crippen molar-refractivity contribution in [2.24, 2.45) is 0 Å². The molecule has 0 aliphatic carbocycles. The van der Waals surface area contributed by atoms with Crippen molar-refractivity contribution in [2.75, 3.05) is 30.7 Å². The first-order chi connectivity index (χ1) is 18.2. The molecule has 0 spiro atoms. The van der Waals surface area contributed by atoms with E-state index in [1.165, 1.54) is 11.1 Å². The van der Waals surface area contributed by atoms with Crippen LogP contribution >= 0.6 is 0 Å². The Labute approximate surface area is 224 Å². The Morgan fingerprint density at radius 2 is 2.00 bits per heavy atom. The fourth-order valence-corrected chi connectivity index (χ4v) is 5.77. The van der Waals surface area contributed by atoms with Crippen molar-refractivity contribution in [3.8, 4) is 5.75 Å². The maximum Gasteiger partial charge on any atom is 0.304 e. The number of nitrogens with one attached hydrogen (secondary N) is 1. The minimum atomic E-state index is -0.807. The molecule has 2 aliphatic rings. The average molecular weight is 516 g/mol. The van der Waals surface area contributed by atoms with Gasteiger partial charge in [-0.1, -0.05) is 31.2 Å². The van der Waals surface area contributed by atoms with E-state index in [2.05, 4.69) is 66.5 Å². The predicted octanol–water partition coefficient (Wildman–Crippen LogP) is 4.78. The number of pyridine rings is 1. The summed E-state index contributed by atoms with van der Waals surface area (Å²) in [6, 6.07) is 14.5. The van der Waals surface area contributed by atoms with Crippen LogP contribution in [0.25, 0.3) is 0 Å². The van der Waals surface area contributed by atoms with Gasteiger partial charge in [0.25, 0.3) is 0 Å². The van der Waals surface area contributed by atoms with Gasteiger partial charge >= 0.3 is 5.97 Å². The molecule has 0 saturated carbocycles. The van der Waals surface area contributed by atoms with E-state index in [0.29, 0.717) is 6.54 Å². The van der Waals surface area contributed by atoms with Gasteiger partial charge in [0.2, 0.25) is 0 Å². The van der Waals surface area contributed by atoms with Gasteiger partial charge in [-0.15, -0.1) is 5.53 Å². The summed E-state index contributed by atoms with van der Waals surface area (Å²) < 4.78 is 6.25. The molecule has 2 N–H and O–H groups in total. The highest BCUT2D eigenvalue weighted by Crippen LogP contribution is 2.41. The van der Waals surface area contributed by atoms with E-state index in [1.807, 2.05) is 42.4 Å². The second kappa shape index (κ2) is 10.6. The van der Waals surface area contributed by atoms with Gasteiger partial charge in [-0.25, -0.2) is 0 Å². The lowest BCUT2D eigenvalue weighted by molar-refractivity contribution is -0.137. The summed E-state index contributed by atoms with van der Waals surface area (Å²) in [4.78, 5) is 19.0. The van der Waals surface area contributed by atoms with E-state index in [4.69, 9.17) is 4.74 Å². The molecule has 0 radical (unpaired) electrons. The lowest BCUT2D eigenvalue weighted by Crippen LogP contribution is -2.39. The Balaban J connectivity index is 1.49. The predicted molar refractivity (Wildman–Crippen MR) is 149 cm³/mol. The minimum absolute atomic E-state index is 0.0296. The molecule has 2 aliphatic heterocycles. The molecule has 8 heteroatoms. The fourth-order valence-electron chi connectivity index (χ4n) is 5.77. The molecular weight excluding hydrogens is 478 g/mol. The van der Waals surface area contributed by atoms with Crippen LogP contribution in [0.1, 0.15) is 59.2 Å². The molecule has 2 atom stereocenters. The maximum absolute atomic E-state index is 12.1. The minimum Gasteiger partial charge on any atom is -0.487 e. The van der Waals surface area contributed by atoms with Crippen molar-refractivity contribution in [2.45, 2.75) is 58.7 Å². The van der Waals surface area contributed by atoms with Crippen LogP contribution in [0, 0.1) is 13.8 Å². The zero-order chi connectivity index (χ0) is 27.0. The van der Waals surface area contributed by atoms with Crippen LogP contribution < -0.4 is 20.3 Å². The van der Waals surface area contributed by atoms with E-state index in [9.17, 15) is 9.90 Å². The first-order valence-electron chi connectivity index (χ1n) is 13.3. The van der Waals surface area contributed by atoms with Crippen LogP contribution in [0.15, 0.2) is 48.7 Å². The molecule has 1 aromatic heterocycles. The topological polar surface area (TPSA) is 81.2 Å². The van der Waals surface area contributed by atoms with Crippen molar-refractivity contribution in [3.63, 3.8) is 0 Å². The Morgan fingerprint density at radius 1 is 1.18 bits per heavy atom. The van der Waals surface area contributed by atoms with Crippen LogP contribution in [-0.4, -0.2) is 47.7 Å².